The summed E-state index contributed by atoms with van der Waals surface area (Å²) in [6.07, 6.45) is 3.54. The van der Waals surface area contributed by atoms with E-state index >= 15 is 0 Å². The summed E-state index contributed by atoms with van der Waals surface area (Å²) in [6, 6.07) is 0. The summed E-state index contributed by atoms with van der Waals surface area (Å²) in [5.74, 6) is 0.523. The minimum Gasteiger partial charge on any atom is -0.394 e. The highest BCUT2D eigenvalue weighted by Crippen LogP contribution is 2.26. The molecule has 0 spiro atoms. The number of aromatic amines is 1. The number of imidazole rings is 1. The highest BCUT2D eigenvalue weighted by molar-refractivity contribution is 5.80. The number of aliphatic hydroxyl groups is 2. The Bertz CT molecular complexity index is 685. The molecule has 2 aromatic rings. The van der Waals surface area contributed by atoms with Crippen LogP contribution < -0.4 is 4.57 Å². The number of aliphatic hydroxyl groups excluding tert-OH is 2. The first-order valence-electron chi connectivity index (χ1n) is 6.98. The van der Waals surface area contributed by atoms with Crippen LogP contribution in [0.4, 0.5) is 5.82 Å². The molecular formula is C13H19N6O3+. The molecule has 0 saturated carbocycles. The normalized spacial score (nSPS) is 25.4. The second kappa shape index (κ2) is 5.95. The number of aliphatic imine (C=N–C) groups is 1. The molecule has 3 unspecified atom stereocenters. The highest BCUT2D eigenvalue weighted by Gasteiger charge is 2.37. The zero-order valence-electron chi connectivity index (χ0n) is 12.4. The second-order valence-electron chi connectivity index (χ2n) is 5.40. The van der Waals surface area contributed by atoms with E-state index in [-0.39, 0.29) is 12.8 Å². The van der Waals surface area contributed by atoms with E-state index in [9.17, 15) is 10.2 Å². The van der Waals surface area contributed by atoms with E-state index in [1.807, 2.05) is 19.0 Å². The van der Waals surface area contributed by atoms with Crippen molar-refractivity contribution in [1.82, 2.24) is 19.9 Å². The summed E-state index contributed by atoms with van der Waals surface area (Å²) in [6.45, 7) is -0.214. The van der Waals surface area contributed by atoms with Crippen molar-refractivity contribution in [3.63, 3.8) is 0 Å². The van der Waals surface area contributed by atoms with Crippen molar-refractivity contribution in [3.05, 3.63) is 12.7 Å². The zero-order chi connectivity index (χ0) is 15.7. The molecule has 1 fully saturated rings. The van der Waals surface area contributed by atoms with Crippen LogP contribution in [0.2, 0.25) is 0 Å². The Morgan fingerprint density at radius 3 is 3.05 bits per heavy atom. The second-order valence-corrected chi connectivity index (χ2v) is 5.40. The molecular weight excluding hydrogens is 288 g/mol. The van der Waals surface area contributed by atoms with Crippen molar-refractivity contribution in [2.75, 3.05) is 20.7 Å². The van der Waals surface area contributed by atoms with Gasteiger partial charge in [-0.15, -0.1) is 0 Å². The summed E-state index contributed by atoms with van der Waals surface area (Å²) in [4.78, 5) is 17.6. The van der Waals surface area contributed by atoms with Crippen LogP contribution in [0.25, 0.3) is 11.2 Å². The number of fused-ring (bicyclic) bond motifs is 1. The standard InChI is InChI=1S/C13H18N6O3/c1-18(2)6-17-12-11-13(15-5-14-12)19(7-16-11)10-3-8(21)9(4-20)22-10/h5-10,20-21H,3-4H2,1-2H3/p+1. The first kappa shape index (κ1) is 14.8. The van der Waals surface area contributed by atoms with Crippen molar-refractivity contribution in [1.29, 1.82) is 0 Å². The molecule has 0 aliphatic carbocycles. The summed E-state index contributed by atoms with van der Waals surface area (Å²) >= 11 is 0. The van der Waals surface area contributed by atoms with Gasteiger partial charge in [0.05, 0.1) is 19.0 Å². The average molecular weight is 307 g/mol. The van der Waals surface area contributed by atoms with Crippen molar-refractivity contribution < 1.29 is 19.5 Å². The number of nitrogens with zero attached hydrogens (tertiary/aromatic N) is 5. The van der Waals surface area contributed by atoms with Gasteiger partial charge in [0.2, 0.25) is 11.3 Å². The third-order valence-corrected chi connectivity index (χ3v) is 3.51. The summed E-state index contributed by atoms with van der Waals surface area (Å²) in [5.41, 5.74) is 1.32. The maximum atomic E-state index is 9.86. The van der Waals surface area contributed by atoms with Crippen molar-refractivity contribution in [3.8, 4) is 0 Å². The van der Waals surface area contributed by atoms with E-state index < -0.39 is 12.2 Å². The largest absolute Gasteiger partial charge is 0.394 e. The van der Waals surface area contributed by atoms with Crippen LogP contribution in [0.3, 0.4) is 0 Å². The lowest BCUT2D eigenvalue weighted by molar-refractivity contribution is -0.738. The Kier molecular flexibility index (Phi) is 4.01. The van der Waals surface area contributed by atoms with Gasteiger partial charge in [0.25, 0.3) is 0 Å². The molecule has 1 aliphatic rings. The molecule has 0 radical (unpaired) electrons. The minimum atomic E-state index is -0.694. The Morgan fingerprint density at radius 2 is 2.36 bits per heavy atom. The highest BCUT2D eigenvalue weighted by atomic mass is 16.5. The number of ether oxygens (including phenoxy) is 1. The van der Waals surface area contributed by atoms with Crippen LogP contribution in [0.1, 0.15) is 12.6 Å². The van der Waals surface area contributed by atoms with E-state index in [0.29, 0.717) is 23.4 Å². The number of nitrogens with one attached hydrogen (secondary N) is 1. The zero-order valence-corrected chi connectivity index (χ0v) is 12.4. The van der Waals surface area contributed by atoms with Crippen LogP contribution in [0, 0.1) is 0 Å². The van der Waals surface area contributed by atoms with Crippen molar-refractivity contribution >= 4 is 23.3 Å². The quantitative estimate of drug-likeness (QED) is 0.384. The average Bonchev–Trinajstić information content (AvgIpc) is 3.08. The molecule has 0 aromatic carbocycles. The fraction of sp³-hybridized carbons (Fsp3) is 0.538. The third kappa shape index (κ3) is 2.65. The van der Waals surface area contributed by atoms with Crippen LogP contribution in [-0.2, 0) is 4.74 Å². The molecule has 118 valence electrons. The summed E-state index contributed by atoms with van der Waals surface area (Å²) < 4.78 is 7.43. The van der Waals surface area contributed by atoms with Crippen molar-refractivity contribution in [2.24, 2.45) is 4.99 Å². The smallest absolute Gasteiger partial charge is 0.309 e. The first-order valence-corrected chi connectivity index (χ1v) is 6.98. The Morgan fingerprint density at radius 1 is 1.55 bits per heavy atom. The van der Waals surface area contributed by atoms with Crippen LogP contribution in [0.15, 0.2) is 17.6 Å². The van der Waals surface area contributed by atoms with Gasteiger partial charge in [-0.25, -0.2) is 9.56 Å². The molecule has 0 amide bonds. The Hall–Kier alpha value is -2.10. The van der Waals surface area contributed by atoms with Crippen molar-refractivity contribution in [2.45, 2.75) is 24.9 Å². The molecule has 22 heavy (non-hydrogen) atoms. The molecule has 9 heteroatoms. The molecule has 1 aliphatic heterocycles. The monoisotopic (exact) mass is 307 g/mol. The van der Waals surface area contributed by atoms with Crippen LogP contribution >= 0.6 is 0 Å². The van der Waals surface area contributed by atoms with E-state index in [2.05, 4.69) is 19.9 Å². The lowest BCUT2D eigenvalue weighted by atomic mass is 10.2. The topological polar surface area (TPSA) is 111 Å². The molecule has 1 saturated heterocycles. The molecule has 9 nitrogen and oxygen atoms in total. The molecule has 2 aromatic heterocycles. The maximum absolute atomic E-state index is 9.86. The molecule has 0 bridgehead atoms. The molecule has 3 rings (SSSR count). The van der Waals surface area contributed by atoms with E-state index in [1.54, 1.807) is 17.2 Å². The Balaban J connectivity index is 1.95. The number of H-pyrrole nitrogens is 1. The van der Waals surface area contributed by atoms with E-state index in [1.165, 1.54) is 6.33 Å². The van der Waals surface area contributed by atoms with Gasteiger partial charge in [-0.05, 0) is 0 Å². The first-order chi connectivity index (χ1) is 10.6. The number of aromatic nitrogens is 4. The minimum absolute atomic E-state index is 0.214. The Labute approximate surface area is 126 Å². The lowest BCUT2D eigenvalue weighted by Gasteiger charge is -2.10. The molecule has 3 heterocycles. The third-order valence-electron chi connectivity index (χ3n) is 3.51. The molecule has 3 N–H and O–H groups in total. The predicted octanol–water partition coefficient (Wildman–Crippen LogP) is -0.893. The predicted molar refractivity (Wildman–Crippen MR) is 77.5 cm³/mol. The van der Waals surface area contributed by atoms with E-state index in [4.69, 9.17) is 4.74 Å². The van der Waals surface area contributed by atoms with Gasteiger partial charge in [0.1, 0.15) is 6.10 Å². The lowest BCUT2D eigenvalue weighted by Crippen LogP contribution is -2.39. The maximum Gasteiger partial charge on any atom is 0.309 e. The number of hydrogen-bond donors (Lipinski definition) is 3. The SMILES string of the molecule is CN(C)C=Nc1ncnc2c1[nH]c[n+]2C1CC(O)C(CO)O1. The van der Waals surface area contributed by atoms with E-state index in [0.717, 1.165) is 0 Å². The molecule has 3 atom stereocenters. The van der Waals surface area contributed by atoms with Gasteiger partial charge >= 0.3 is 5.65 Å². The van der Waals surface area contributed by atoms with Gasteiger partial charge in [-0.2, -0.15) is 4.98 Å². The fourth-order valence-electron chi connectivity index (χ4n) is 2.43. The summed E-state index contributed by atoms with van der Waals surface area (Å²) in [5, 5.41) is 19.0. The number of rotatable bonds is 4. The van der Waals surface area contributed by atoms with Gasteiger partial charge in [-0.1, -0.05) is 4.98 Å². The van der Waals surface area contributed by atoms with Gasteiger partial charge < -0.3 is 19.8 Å². The van der Waals surface area contributed by atoms with Crippen LogP contribution in [-0.4, -0.2) is 69.3 Å². The summed E-state index contributed by atoms with van der Waals surface area (Å²) in [7, 11) is 3.75. The van der Waals surface area contributed by atoms with Gasteiger partial charge in [0, 0.05) is 20.5 Å². The number of hydrogen-bond acceptors (Lipinski definition) is 6. The van der Waals surface area contributed by atoms with Gasteiger partial charge in [0.15, 0.2) is 18.9 Å². The fourth-order valence-corrected chi connectivity index (χ4v) is 2.43. The van der Waals surface area contributed by atoms with Crippen LogP contribution in [0.5, 0.6) is 0 Å². The van der Waals surface area contributed by atoms with Gasteiger partial charge in [-0.3, -0.25) is 4.98 Å².